The molecule has 2 rings (SSSR count). The molecule has 1 unspecified atom stereocenters. The van der Waals surface area contributed by atoms with E-state index in [4.69, 9.17) is 4.74 Å². The molecule has 18 heavy (non-hydrogen) atoms. The number of hydrogen-bond donors (Lipinski definition) is 1. The molecule has 1 heterocycles. The summed E-state index contributed by atoms with van der Waals surface area (Å²) in [5.41, 5.74) is 2.22. The number of para-hydroxylation sites is 2. The molecule has 0 radical (unpaired) electrons. The number of hydrogen-bond acceptors (Lipinski definition) is 3. The van der Waals surface area contributed by atoms with Gasteiger partial charge in [0.15, 0.2) is 0 Å². The number of nitrogens with zero attached hydrogens (tertiary/aromatic N) is 2. The fraction of sp³-hybridized carbons (Fsp3) is 0.500. The van der Waals surface area contributed by atoms with Crippen molar-refractivity contribution in [3.8, 4) is 0 Å². The summed E-state index contributed by atoms with van der Waals surface area (Å²) in [5.74, 6) is 0. The molecule has 1 aromatic carbocycles. The highest BCUT2D eigenvalue weighted by atomic mass is 16.5. The molecule has 98 valence electrons. The number of aromatic nitrogens is 2. The Morgan fingerprint density at radius 3 is 2.94 bits per heavy atom. The van der Waals surface area contributed by atoms with Crippen LogP contribution in [0.2, 0.25) is 0 Å². The Morgan fingerprint density at radius 1 is 1.33 bits per heavy atom. The van der Waals surface area contributed by atoms with Gasteiger partial charge < -0.3 is 14.6 Å². The maximum Gasteiger partial charge on any atom is 0.0958 e. The SMILES string of the molecule is CCNC(COCC)Cn1cnc2ccccc21. The zero-order valence-corrected chi connectivity index (χ0v) is 11.1. The number of rotatable bonds is 7. The fourth-order valence-corrected chi connectivity index (χ4v) is 2.12. The quantitative estimate of drug-likeness (QED) is 0.814. The molecule has 4 heteroatoms. The van der Waals surface area contributed by atoms with E-state index in [1.54, 1.807) is 0 Å². The zero-order valence-electron chi connectivity index (χ0n) is 11.1. The second kappa shape index (κ2) is 6.52. The van der Waals surface area contributed by atoms with E-state index in [2.05, 4.69) is 27.9 Å². The molecule has 0 aliphatic rings. The molecular weight excluding hydrogens is 226 g/mol. The predicted octanol–water partition coefficient (Wildman–Crippen LogP) is 2.05. The van der Waals surface area contributed by atoms with E-state index in [0.29, 0.717) is 6.04 Å². The van der Waals surface area contributed by atoms with Gasteiger partial charge in [-0.3, -0.25) is 0 Å². The lowest BCUT2D eigenvalue weighted by Gasteiger charge is -2.18. The van der Waals surface area contributed by atoms with Crippen molar-refractivity contribution >= 4 is 11.0 Å². The van der Waals surface area contributed by atoms with Gasteiger partial charge in [-0.05, 0) is 25.6 Å². The molecule has 0 fully saturated rings. The highest BCUT2D eigenvalue weighted by molar-refractivity contribution is 5.74. The fourth-order valence-electron chi connectivity index (χ4n) is 2.12. The average Bonchev–Trinajstić information content (AvgIpc) is 2.80. The maximum absolute atomic E-state index is 5.51. The van der Waals surface area contributed by atoms with Crippen LogP contribution in [-0.2, 0) is 11.3 Å². The van der Waals surface area contributed by atoms with E-state index >= 15 is 0 Å². The lowest BCUT2D eigenvalue weighted by molar-refractivity contribution is 0.118. The van der Waals surface area contributed by atoms with Crippen molar-refractivity contribution in [2.75, 3.05) is 19.8 Å². The first-order valence-electron chi connectivity index (χ1n) is 6.56. The number of imidazole rings is 1. The summed E-state index contributed by atoms with van der Waals surface area (Å²) in [7, 11) is 0. The zero-order chi connectivity index (χ0) is 12.8. The smallest absolute Gasteiger partial charge is 0.0958 e. The number of nitrogens with one attached hydrogen (secondary N) is 1. The summed E-state index contributed by atoms with van der Waals surface area (Å²) in [6.45, 7) is 7.46. The molecule has 0 spiro atoms. The Bertz CT molecular complexity index is 481. The minimum Gasteiger partial charge on any atom is -0.380 e. The second-order valence-electron chi connectivity index (χ2n) is 4.30. The maximum atomic E-state index is 5.51. The van der Waals surface area contributed by atoms with Crippen molar-refractivity contribution in [1.82, 2.24) is 14.9 Å². The van der Waals surface area contributed by atoms with E-state index in [1.165, 1.54) is 5.52 Å². The van der Waals surface area contributed by atoms with Crippen LogP contribution in [0.25, 0.3) is 11.0 Å². The Morgan fingerprint density at radius 2 is 2.17 bits per heavy atom. The molecule has 4 nitrogen and oxygen atoms in total. The summed E-state index contributed by atoms with van der Waals surface area (Å²) in [6, 6.07) is 8.53. The third kappa shape index (κ3) is 3.09. The van der Waals surface area contributed by atoms with Crippen LogP contribution in [0.4, 0.5) is 0 Å². The Labute approximate surface area is 108 Å². The minimum atomic E-state index is 0.326. The minimum absolute atomic E-state index is 0.326. The Balaban J connectivity index is 2.10. The molecule has 0 saturated heterocycles. The van der Waals surface area contributed by atoms with Gasteiger partial charge in [-0.1, -0.05) is 19.1 Å². The first-order chi connectivity index (χ1) is 8.85. The van der Waals surface area contributed by atoms with Gasteiger partial charge in [0.05, 0.1) is 24.0 Å². The third-order valence-electron chi connectivity index (χ3n) is 2.96. The van der Waals surface area contributed by atoms with E-state index in [1.807, 2.05) is 31.5 Å². The van der Waals surface area contributed by atoms with Gasteiger partial charge >= 0.3 is 0 Å². The Hall–Kier alpha value is -1.39. The normalized spacial score (nSPS) is 13.0. The van der Waals surface area contributed by atoms with Gasteiger partial charge in [-0.2, -0.15) is 0 Å². The van der Waals surface area contributed by atoms with Crippen molar-refractivity contribution in [1.29, 1.82) is 0 Å². The molecule has 1 aromatic heterocycles. The van der Waals surface area contributed by atoms with Crippen LogP contribution in [0, 0.1) is 0 Å². The number of ether oxygens (including phenoxy) is 1. The van der Waals surface area contributed by atoms with E-state index in [-0.39, 0.29) is 0 Å². The number of benzene rings is 1. The van der Waals surface area contributed by atoms with Gasteiger partial charge in [0.2, 0.25) is 0 Å². The standard InChI is InChI=1S/C14H21N3O/c1-3-15-12(10-18-4-2)9-17-11-16-13-7-5-6-8-14(13)17/h5-8,11-12,15H,3-4,9-10H2,1-2H3. The molecule has 0 aliphatic carbocycles. The Kier molecular flexibility index (Phi) is 4.73. The molecule has 2 aromatic rings. The van der Waals surface area contributed by atoms with Crippen LogP contribution in [0.15, 0.2) is 30.6 Å². The average molecular weight is 247 g/mol. The molecule has 0 aliphatic heterocycles. The van der Waals surface area contributed by atoms with Crippen LogP contribution >= 0.6 is 0 Å². The lowest BCUT2D eigenvalue weighted by Crippen LogP contribution is -2.37. The van der Waals surface area contributed by atoms with Crippen molar-refractivity contribution < 1.29 is 4.74 Å². The van der Waals surface area contributed by atoms with Crippen molar-refractivity contribution in [3.05, 3.63) is 30.6 Å². The summed E-state index contributed by atoms with van der Waals surface area (Å²) in [5, 5.41) is 3.45. The first kappa shape index (κ1) is 13.1. The number of fused-ring (bicyclic) bond motifs is 1. The highest BCUT2D eigenvalue weighted by Crippen LogP contribution is 2.12. The van der Waals surface area contributed by atoms with E-state index in [9.17, 15) is 0 Å². The summed E-state index contributed by atoms with van der Waals surface area (Å²) >= 11 is 0. The lowest BCUT2D eigenvalue weighted by atomic mass is 10.2. The predicted molar refractivity (Wildman–Crippen MR) is 73.7 cm³/mol. The van der Waals surface area contributed by atoms with Crippen LogP contribution in [-0.4, -0.2) is 35.4 Å². The van der Waals surface area contributed by atoms with E-state index in [0.717, 1.165) is 31.8 Å². The molecule has 1 atom stereocenters. The monoisotopic (exact) mass is 247 g/mol. The summed E-state index contributed by atoms with van der Waals surface area (Å²) in [6.07, 6.45) is 1.90. The van der Waals surface area contributed by atoms with Crippen molar-refractivity contribution in [2.24, 2.45) is 0 Å². The van der Waals surface area contributed by atoms with Crippen molar-refractivity contribution in [2.45, 2.75) is 26.4 Å². The van der Waals surface area contributed by atoms with Gasteiger partial charge in [-0.25, -0.2) is 4.98 Å². The van der Waals surface area contributed by atoms with Crippen molar-refractivity contribution in [3.63, 3.8) is 0 Å². The van der Waals surface area contributed by atoms with Crippen LogP contribution in [0.5, 0.6) is 0 Å². The third-order valence-corrected chi connectivity index (χ3v) is 2.96. The highest BCUT2D eigenvalue weighted by Gasteiger charge is 2.10. The van der Waals surface area contributed by atoms with Crippen LogP contribution in [0.3, 0.4) is 0 Å². The van der Waals surface area contributed by atoms with Crippen LogP contribution in [0.1, 0.15) is 13.8 Å². The molecule has 0 saturated carbocycles. The molecule has 0 bridgehead atoms. The largest absolute Gasteiger partial charge is 0.380 e. The first-order valence-corrected chi connectivity index (χ1v) is 6.56. The van der Waals surface area contributed by atoms with Gasteiger partial charge in [0.1, 0.15) is 0 Å². The van der Waals surface area contributed by atoms with Crippen LogP contribution < -0.4 is 5.32 Å². The molecule has 1 N–H and O–H groups in total. The van der Waals surface area contributed by atoms with Gasteiger partial charge in [0.25, 0.3) is 0 Å². The number of likely N-dealkylation sites (N-methyl/N-ethyl adjacent to an activating group) is 1. The van der Waals surface area contributed by atoms with Gasteiger partial charge in [0, 0.05) is 19.2 Å². The molecular formula is C14H21N3O. The summed E-state index contributed by atoms with van der Waals surface area (Å²) < 4.78 is 7.70. The summed E-state index contributed by atoms with van der Waals surface area (Å²) in [4.78, 5) is 4.41. The topological polar surface area (TPSA) is 39.1 Å². The van der Waals surface area contributed by atoms with Gasteiger partial charge in [-0.15, -0.1) is 0 Å². The van der Waals surface area contributed by atoms with E-state index < -0.39 is 0 Å². The second-order valence-corrected chi connectivity index (χ2v) is 4.30. The molecule has 0 amide bonds.